The van der Waals surface area contributed by atoms with Gasteiger partial charge in [0.15, 0.2) is 0 Å². The minimum Gasteiger partial charge on any atom is -0.455 e. The molecule has 1 fully saturated rings. The monoisotopic (exact) mass is 397 g/mol. The van der Waals surface area contributed by atoms with Crippen LogP contribution in [0.15, 0.2) is 48.8 Å². The Morgan fingerprint density at radius 2 is 1.90 bits per heavy atom. The van der Waals surface area contributed by atoms with Crippen LogP contribution < -0.4 is 4.74 Å². The summed E-state index contributed by atoms with van der Waals surface area (Å²) >= 11 is 0. The molecule has 3 rings (SSSR count). The Balaban J connectivity index is 1.55. The van der Waals surface area contributed by atoms with Gasteiger partial charge in [0.05, 0.1) is 6.20 Å². The number of para-hydroxylation sites is 1. The van der Waals surface area contributed by atoms with Gasteiger partial charge in [0, 0.05) is 44.5 Å². The number of aromatic nitrogens is 1. The predicted octanol–water partition coefficient (Wildman–Crippen LogP) is 4.71. The first-order chi connectivity index (χ1) is 13.8. The molecule has 0 atom stereocenters. The second-order valence-corrected chi connectivity index (χ2v) is 8.50. The van der Waals surface area contributed by atoms with Gasteiger partial charge in [-0.1, -0.05) is 18.2 Å². The van der Waals surface area contributed by atoms with Gasteiger partial charge in [-0.05, 0) is 51.8 Å². The first kappa shape index (κ1) is 21.1. The number of nitrogens with zero attached hydrogens (tertiary/aromatic N) is 3. The highest BCUT2D eigenvalue weighted by Gasteiger charge is 2.28. The molecule has 1 aromatic heterocycles. The van der Waals surface area contributed by atoms with Crippen molar-refractivity contribution in [2.45, 2.75) is 51.8 Å². The number of pyridine rings is 1. The molecule has 2 aromatic rings. The lowest BCUT2D eigenvalue weighted by Gasteiger charge is -2.37. The summed E-state index contributed by atoms with van der Waals surface area (Å²) in [5.41, 5.74) is 0.680. The van der Waals surface area contributed by atoms with Gasteiger partial charge in [-0.15, -0.1) is 0 Å². The summed E-state index contributed by atoms with van der Waals surface area (Å²) < 4.78 is 11.5. The molecule has 2 heterocycles. The summed E-state index contributed by atoms with van der Waals surface area (Å²) in [6, 6.07) is 12.1. The van der Waals surface area contributed by atoms with Crippen molar-refractivity contribution >= 4 is 6.09 Å². The van der Waals surface area contributed by atoms with Gasteiger partial charge in [0.1, 0.15) is 17.1 Å². The molecule has 6 heteroatoms. The van der Waals surface area contributed by atoms with Gasteiger partial charge in [-0.25, -0.2) is 4.79 Å². The summed E-state index contributed by atoms with van der Waals surface area (Å²) in [7, 11) is 1.84. The maximum atomic E-state index is 12.3. The number of hydrogen-bond acceptors (Lipinski definition) is 5. The van der Waals surface area contributed by atoms with Crippen molar-refractivity contribution in [1.29, 1.82) is 0 Å². The number of amides is 1. The minimum atomic E-state index is -0.468. The topological polar surface area (TPSA) is 54.9 Å². The fourth-order valence-corrected chi connectivity index (χ4v) is 3.46. The molecule has 1 saturated heterocycles. The van der Waals surface area contributed by atoms with E-state index in [2.05, 4.69) is 16.0 Å². The average Bonchev–Trinajstić information content (AvgIpc) is 2.69. The number of piperidine rings is 1. The third kappa shape index (κ3) is 6.19. The Morgan fingerprint density at radius 3 is 2.55 bits per heavy atom. The molecule has 0 bridgehead atoms. The number of rotatable bonds is 5. The van der Waals surface area contributed by atoms with Crippen LogP contribution in [0.1, 0.15) is 39.2 Å². The fraction of sp³-hybridized carbons (Fsp3) is 0.478. The Morgan fingerprint density at radius 1 is 1.17 bits per heavy atom. The first-order valence-corrected chi connectivity index (χ1v) is 10.2. The molecule has 0 N–H and O–H groups in total. The van der Waals surface area contributed by atoms with E-state index in [4.69, 9.17) is 9.47 Å². The molecule has 0 spiro atoms. The van der Waals surface area contributed by atoms with Crippen LogP contribution in [0.5, 0.6) is 11.5 Å². The van der Waals surface area contributed by atoms with Gasteiger partial charge in [0.25, 0.3) is 0 Å². The van der Waals surface area contributed by atoms with E-state index in [1.165, 1.54) is 0 Å². The van der Waals surface area contributed by atoms with Crippen LogP contribution in [0.3, 0.4) is 0 Å². The van der Waals surface area contributed by atoms with Crippen LogP contribution in [0.2, 0.25) is 0 Å². The zero-order chi connectivity index (χ0) is 20.9. The van der Waals surface area contributed by atoms with E-state index in [1.54, 1.807) is 17.3 Å². The van der Waals surface area contributed by atoms with Crippen molar-refractivity contribution in [2.24, 2.45) is 0 Å². The second kappa shape index (κ2) is 9.27. The van der Waals surface area contributed by atoms with Crippen molar-refractivity contribution in [3.05, 3.63) is 54.4 Å². The molecular formula is C23H31N3O3. The van der Waals surface area contributed by atoms with E-state index >= 15 is 0 Å². The Labute approximate surface area is 173 Å². The number of ether oxygens (including phenoxy) is 2. The molecular weight excluding hydrogens is 366 g/mol. The molecule has 0 radical (unpaired) electrons. The largest absolute Gasteiger partial charge is 0.455 e. The van der Waals surface area contributed by atoms with Crippen molar-refractivity contribution in [1.82, 2.24) is 14.8 Å². The highest BCUT2D eigenvalue weighted by Crippen LogP contribution is 2.27. The SMILES string of the molecule is CN(C(=O)OC(C)(C)C)C1CCN(Cc2ccccc2Oc2cccnc2)CC1. The van der Waals surface area contributed by atoms with Gasteiger partial charge in [0.2, 0.25) is 0 Å². The molecule has 0 aliphatic carbocycles. The molecule has 0 unspecified atom stereocenters. The third-order valence-electron chi connectivity index (χ3n) is 5.02. The summed E-state index contributed by atoms with van der Waals surface area (Å²) in [5, 5.41) is 0. The minimum absolute atomic E-state index is 0.211. The Bertz CT molecular complexity index is 797. The predicted molar refractivity (Wildman–Crippen MR) is 113 cm³/mol. The number of carbonyl (C=O) groups is 1. The molecule has 1 aliphatic rings. The van der Waals surface area contributed by atoms with E-state index in [0.717, 1.165) is 49.5 Å². The van der Waals surface area contributed by atoms with Crippen molar-refractivity contribution < 1.29 is 14.3 Å². The third-order valence-corrected chi connectivity index (χ3v) is 5.02. The summed E-state index contributed by atoms with van der Waals surface area (Å²) in [4.78, 5) is 20.6. The van der Waals surface area contributed by atoms with Crippen LogP contribution in [0.25, 0.3) is 0 Å². The summed E-state index contributed by atoms with van der Waals surface area (Å²) in [6.07, 6.45) is 5.07. The summed E-state index contributed by atoms with van der Waals surface area (Å²) in [5.74, 6) is 1.59. The Hall–Kier alpha value is -2.60. The first-order valence-electron chi connectivity index (χ1n) is 10.2. The molecule has 1 aliphatic heterocycles. The van der Waals surface area contributed by atoms with Crippen molar-refractivity contribution in [3.8, 4) is 11.5 Å². The molecule has 156 valence electrons. The van der Waals surface area contributed by atoms with Gasteiger partial charge < -0.3 is 14.4 Å². The van der Waals surface area contributed by atoms with Crippen LogP contribution in [0, 0.1) is 0 Å². The van der Waals surface area contributed by atoms with E-state index in [0.29, 0.717) is 0 Å². The number of carbonyl (C=O) groups excluding carboxylic acids is 1. The molecule has 29 heavy (non-hydrogen) atoms. The van der Waals surface area contributed by atoms with Crippen molar-refractivity contribution in [3.63, 3.8) is 0 Å². The van der Waals surface area contributed by atoms with Gasteiger partial charge in [-0.2, -0.15) is 0 Å². The lowest BCUT2D eigenvalue weighted by molar-refractivity contribution is 0.0149. The zero-order valence-electron chi connectivity index (χ0n) is 17.8. The van der Waals surface area contributed by atoms with E-state index in [9.17, 15) is 4.79 Å². The van der Waals surface area contributed by atoms with Gasteiger partial charge >= 0.3 is 6.09 Å². The number of likely N-dealkylation sites (tertiary alicyclic amines) is 1. The molecule has 6 nitrogen and oxygen atoms in total. The molecule has 0 saturated carbocycles. The quantitative estimate of drug-likeness (QED) is 0.732. The second-order valence-electron chi connectivity index (χ2n) is 8.50. The standard InChI is InChI=1S/C23H31N3O3/c1-23(2,3)29-22(27)25(4)19-11-14-26(15-12-19)17-18-8-5-6-10-21(18)28-20-9-7-13-24-16-20/h5-10,13,16,19H,11-12,14-15,17H2,1-4H3. The van der Waals surface area contributed by atoms with Crippen LogP contribution in [-0.2, 0) is 11.3 Å². The van der Waals surface area contributed by atoms with Crippen molar-refractivity contribution in [2.75, 3.05) is 20.1 Å². The normalized spacial score (nSPS) is 15.7. The highest BCUT2D eigenvalue weighted by atomic mass is 16.6. The molecule has 1 amide bonds. The van der Waals surface area contributed by atoms with Crippen LogP contribution >= 0.6 is 0 Å². The van der Waals surface area contributed by atoms with Gasteiger partial charge in [-0.3, -0.25) is 9.88 Å². The maximum Gasteiger partial charge on any atom is 0.410 e. The average molecular weight is 398 g/mol. The highest BCUT2D eigenvalue weighted by molar-refractivity contribution is 5.68. The van der Waals surface area contributed by atoms with E-state index < -0.39 is 5.60 Å². The van der Waals surface area contributed by atoms with E-state index in [-0.39, 0.29) is 12.1 Å². The molecule has 1 aromatic carbocycles. The maximum absolute atomic E-state index is 12.3. The van der Waals surface area contributed by atoms with Crippen LogP contribution in [0.4, 0.5) is 4.79 Å². The number of hydrogen-bond donors (Lipinski definition) is 0. The zero-order valence-corrected chi connectivity index (χ0v) is 17.8. The Kier molecular flexibility index (Phi) is 6.75. The number of benzene rings is 1. The van der Waals surface area contributed by atoms with E-state index in [1.807, 2.05) is 58.2 Å². The lowest BCUT2D eigenvalue weighted by atomic mass is 10.0. The summed E-state index contributed by atoms with van der Waals surface area (Å²) in [6.45, 7) is 8.36. The lowest BCUT2D eigenvalue weighted by Crippen LogP contribution is -2.46. The van der Waals surface area contributed by atoms with Crippen LogP contribution in [-0.4, -0.2) is 52.7 Å². The fourth-order valence-electron chi connectivity index (χ4n) is 3.46. The smallest absolute Gasteiger partial charge is 0.410 e.